The molecular formula is C25H28N2O4. The Kier molecular flexibility index (Phi) is 5.30. The number of rotatable bonds is 5. The highest BCUT2D eigenvalue weighted by Crippen LogP contribution is 2.43. The van der Waals surface area contributed by atoms with Gasteiger partial charge in [0.2, 0.25) is 12.7 Å². The standard InChI is InChI=1S/C25H28N2O4/c28-23-5-4-14-27(23)20-9-6-18(7-10-20)24(29)26-16-25(12-2-1-3-13-25)19-8-11-21-22(15-19)31-17-30-21/h6-11,15H,1-5,12-14,16-17H2,(H,26,29). The number of anilines is 1. The summed E-state index contributed by atoms with van der Waals surface area (Å²) in [4.78, 5) is 26.6. The van der Waals surface area contributed by atoms with E-state index in [4.69, 9.17) is 9.47 Å². The van der Waals surface area contributed by atoms with E-state index in [9.17, 15) is 9.59 Å². The first-order valence-electron chi connectivity index (χ1n) is 11.2. The fourth-order valence-corrected chi connectivity index (χ4v) is 5.09. The highest BCUT2D eigenvalue weighted by atomic mass is 16.7. The van der Waals surface area contributed by atoms with Gasteiger partial charge in [-0.1, -0.05) is 25.3 Å². The number of carbonyl (C=O) groups is 2. The first kappa shape index (κ1) is 19.9. The average Bonchev–Trinajstić information content (AvgIpc) is 3.46. The van der Waals surface area contributed by atoms with Gasteiger partial charge in [-0.25, -0.2) is 0 Å². The molecule has 0 atom stereocenters. The van der Waals surface area contributed by atoms with Crippen LogP contribution in [0.5, 0.6) is 11.5 Å². The normalized spacial score (nSPS) is 19.5. The lowest BCUT2D eigenvalue weighted by Crippen LogP contribution is -2.42. The van der Waals surface area contributed by atoms with E-state index in [1.54, 1.807) is 4.90 Å². The minimum absolute atomic E-state index is 0.0787. The third-order valence-electron chi connectivity index (χ3n) is 6.90. The summed E-state index contributed by atoms with van der Waals surface area (Å²) < 4.78 is 11.1. The van der Waals surface area contributed by atoms with Gasteiger partial charge in [-0.3, -0.25) is 9.59 Å². The molecule has 0 bridgehead atoms. The van der Waals surface area contributed by atoms with E-state index in [1.807, 2.05) is 30.3 Å². The third-order valence-corrected chi connectivity index (χ3v) is 6.90. The molecule has 0 radical (unpaired) electrons. The fourth-order valence-electron chi connectivity index (χ4n) is 5.09. The van der Waals surface area contributed by atoms with Crippen LogP contribution in [0.4, 0.5) is 5.69 Å². The molecule has 2 amide bonds. The minimum Gasteiger partial charge on any atom is -0.454 e. The Morgan fingerprint density at radius 1 is 0.968 bits per heavy atom. The van der Waals surface area contributed by atoms with E-state index in [-0.39, 0.29) is 24.0 Å². The Labute approximate surface area is 182 Å². The van der Waals surface area contributed by atoms with Crippen molar-refractivity contribution in [3.05, 3.63) is 53.6 Å². The molecule has 1 N–H and O–H groups in total. The number of ether oxygens (including phenoxy) is 2. The largest absolute Gasteiger partial charge is 0.454 e. The molecule has 5 rings (SSSR count). The monoisotopic (exact) mass is 420 g/mol. The maximum Gasteiger partial charge on any atom is 0.251 e. The van der Waals surface area contributed by atoms with Crippen molar-refractivity contribution in [3.63, 3.8) is 0 Å². The Morgan fingerprint density at radius 2 is 1.74 bits per heavy atom. The number of carbonyl (C=O) groups excluding carboxylic acids is 2. The van der Waals surface area contributed by atoms with Crippen molar-refractivity contribution in [2.24, 2.45) is 0 Å². The van der Waals surface area contributed by atoms with Crippen molar-refractivity contribution < 1.29 is 19.1 Å². The number of nitrogens with one attached hydrogen (secondary N) is 1. The molecule has 162 valence electrons. The van der Waals surface area contributed by atoms with Crippen LogP contribution in [0.1, 0.15) is 60.9 Å². The van der Waals surface area contributed by atoms with Crippen LogP contribution in [0, 0.1) is 0 Å². The molecule has 0 aromatic heterocycles. The summed E-state index contributed by atoms with van der Waals surface area (Å²) >= 11 is 0. The van der Waals surface area contributed by atoms with E-state index in [0.717, 1.165) is 55.8 Å². The average molecular weight is 421 g/mol. The first-order valence-corrected chi connectivity index (χ1v) is 11.2. The molecule has 31 heavy (non-hydrogen) atoms. The molecule has 2 heterocycles. The van der Waals surface area contributed by atoms with Crippen LogP contribution in [-0.2, 0) is 10.2 Å². The SMILES string of the molecule is O=C(NCC1(c2ccc3c(c2)OCO3)CCCCC1)c1ccc(N2CCCC2=O)cc1. The zero-order valence-electron chi connectivity index (χ0n) is 17.7. The van der Waals surface area contributed by atoms with E-state index in [0.29, 0.717) is 18.5 Å². The van der Waals surface area contributed by atoms with Gasteiger partial charge in [0.15, 0.2) is 11.5 Å². The number of benzene rings is 2. The topological polar surface area (TPSA) is 67.9 Å². The molecule has 0 unspecified atom stereocenters. The van der Waals surface area contributed by atoms with E-state index in [2.05, 4.69) is 17.4 Å². The zero-order chi connectivity index (χ0) is 21.3. The van der Waals surface area contributed by atoms with Gasteiger partial charge in [0.05, 0.1) is 0 Å². The molecule has 6 nitrogen and oxygen atoms in total. The lowest BCUT2D eigenvalue weighted by atomic mass is 9.69. The first-order chi connectivity index (χ1) is 15.1. The van der Waals surface area contributed by atoms with Crippen LogP contribution in [-0.4, -0.2) is 31.7 Å². The third kappa shape index (κ3) is 3.87. The molecule has 6 heteroatoms. The lowest BCUT2D eigenvalue weighted by Gasteiger charge is -2.38. The van der Waals surface area contributed by atoms with Gasteiger partial charge < -0.3 is 19.7 Å². The summed E-state index contributed by atoms with van der Waals surface area (Å²) in [6, 6.07) is 13.5. The fraction of sp³-hybridized carbons (Fsp3) is 0.440. The van der Waals surface area contributed by atoms with Gasteiger partial charge in [0, 0.05) is 36.2 Å². The van der Waals surface area contributed by atoms with Gasteiger partial charge in [-0.05, 0) is 61.2 Å². The summed E-state index contributed by atoms with van der Waals surface area (Å²) in [6.45, 7) is 1.61. The maximum atomic E-state index is 12.9. The molecule has 3 aliphatic rings. The predicted molar refractivity (Wildman–Crippen MR) is 118 cm³/mol. The molecule has 2 aromatic rings. The van der Waals surface area contributed by atoms with Crippen molar-refractivity contribution >= 4 is 17.5 Å². The summed E-state index contributed by atoms with van der Waals surface area (Å²) in [5.41, 5.74) is 2.60. The minimum atomic E-state index is -0.0865. The smallest absolute Gasteiger partial charge is 0.251 e. The molecule has 1 saturated carbocycles. The number of hydrogen-bond acceptors (Lipinski definition) is 4. The number of fused-ring (bicyclic) bond motifs is 1. The molecule has 1 saturated heterocycles. The van der Waals surface area contributed by atoms with Gasteiger partial charge in [0.25, 0.3) is 5.91 Å². The Hall–Kier alpha value is -3.02. The van der Waals surface area contributed by atoms with Crippen molar-refractivity contribution in [3.8, 4) is 11.5 Å². The van der Waals surface area contributed by atoms with Crippen LogP contribution < -0.4 is 19.7 Å². The van der Waals surface area contributed by atoms with Crippen molar-refractivity contribution in [2.75, 3.05) is 24.8 Å². The Morgan fingerprint density at radius 3 is 2.48 bits per heavy atom. The summed E-state index contributed by atoms with van der Waals surface area (Å²) in [7, 11) is 0. The van der Waals surface area contributed by atoms with Gasteiger partial charge in [-0.15, -0.1) is 0 Å². The quantitative estimate of drug-likeness (QED) is 0.788. The second-order valence-corrected chi connectivity index (χ2v) is 8.79. The van der Waals surface area contributed by atoms with Crippen LogP contribution >= 0.6 is 0 Å². The van der Waals surface area contributed by atoms with Crippen LogP contribution in [0.25, 0.3) is 0 Å². The van der Waals surface area contributed by atoms with Crippen LogP contribution in [0.3, 0.4) is 0 Å². The zero-order valence-corrected chi connectivity index (χ0v) is 17.7. The van der Waals surface area contributed by atoms with E-state index < -0.39 is 0 Å². The number of nitrogens with zero attached hydrogens (tertiary/aromatic N) is 1. The molecule has 2 fully saturated rings. The Balaban J connectivity index is 1.30. The lowest BCUT2D eigenvalue weighted by molar-refractivity contribution is -0.117. The summed E-state index contributed by atoms with van der Waals surface area (Å²) in [6.07, 6.45) is 7.13. The summed E-state index contributed by atoms with van der Waals surface area (Å²) in [5, 5.41) is 3.18. The second kappa shape index (κ2) is 8.25. The van der Waals surface area contributed by atoms with Crippen molar-refractivity contribution in [1.29, 1.82) is 0 Å². The predicted octanol–water partition coefficient (Wildman–Crippen LogP) is 4.17. The summed E-state index contributed by atoms with van der Waals surface area (Å²) in [5.74, 6) is 1.65. The second-order valence-electron chi connectivity index (χ2n) is 8.79. The molecule has 2 aromatic carbocycles. The van der Waals surface area contributed by atoms with Crippen LogP contribution in [0.15, 0.2) is 42.5 Å². The van der Waals surface area contributed by atoms with E-state index >= 15 is 0 Å². The van der Waals surface area contributed by atoms with Crippen molar-refractivity contribution in [2.45, 2.75) is 50.4 Å². The van der Waals surface area contributed by atoms with Gasteiger partial charge in [0.1, 0.15) is 0 Å². The number of amides is 2. The van der Waals surface area contributed by atoms with Crippen LogP contribution in [0.2, 0.25) is 0 Å². The highest BCUT2D eigenvalue weighted by Gasteiger charge is 2.35. The van der Waals surface area contributed by atoms with E-state index in [1.165, 1.54) is 12.0 Å². The Bertz CT molecular complexity index is 980. The highest BCUT2D eigenvalue weighted by molar-refractivity contribution is 5.97. The van der Waals surface area contributed by atoms with Crippen molar-refractivity contribution in [1.82, 2.24) is 5.32 Å². The molecule has 2 aliphatic heterocycles. The van der Waals surface area contributed by atoms with Gasteiger partial charge in [-0.2, -0.15) is 0 Å². The number of hydrogen-bond donors (Lipinski definition) is 1. The molecule has 1 aliphatic carbocycles. The molecular weight excluding hydrogens is 392 g/mol. The van der Waals surface area contributed by atoms with Gasteiger partial charge >= 0.3 is 0 Å². The maximum absolute atomic E-state index is 12.9. The molecule has 0 spiro atoms.